The van der Waals surface area contributed by atoms with Crippen molar-refractivity contribution < 1.29 is 5.11 Å². The van der Waals surface area contributed by atoms with Gasteiger partial charge in [0, 0.05) is 6.54 Å². The third kappa shape index (κ3) is 4.11. The van der Waals surface area contributed by atoms with Crippen molar-refractivity contribution in [3.05, 3.63) is 35.4 Å². The van der Waals surface area contributed by atoms with Crippen LogP contribution in [0.1, 0.15) is 49.1 Å². The summed E-state index contributed by atoms with van der Waals surface area (Å²) in [7, 11) is 0. The average molecular weight is 247 g/mol. The highest BCUT2D eigenvalue weighted by atomic mass is 16.3. The van der Waals surface area contributed by atoms with E-state index in [-0.39, 0.29) is 6.61 Å². The number of nitrogens with one attached hydrogen (secondary N) is 1. The number of benzene rings is 1. The van der Waals surface area contributed by atoms with E-state index in [2.05, 4.69) is 29.6 Å². The monoisotopic (exact) mass is 247 g/mol. The van der Waals surface area contributed by atoms with E-state index in [1.807, 2.05) is 0 Å². The van der Waals surface area contributed by atoms with Gasteiger partial charge in [-0.3, -0.25) is 0 Å². The summed E-state index contributed by atoms with van der Waals surface area (Å²) in [5.74, 6) is 0.806. The number of aliphatic hydroxyl groups excluding tert-OH is 1. The first-order chi connectivity index (χ1) is 8.90. The Morgan fingerprint density at radius 3 is 2.39 bits per heavy atom. The Kier molecular flexibility index (Phi) is 5.69. The largest absolute Gasteiger partial charge is 0.395 e. The van der Waals surface area contributed by atoms with Gasteiger partial charge in [-0.25, -0.2) is 0 Å². The van der Waals surface area contributed by atoms with Gasteiger partial charge in [-0.05, 0) is 42.9 Å². The fourth-order valence-corrected chi connectivity index (χ4v) is 2.83. The van der Waals surface area contributed by atoms with Crippen LogP contribution in [0.2, 0.25) is 0 Å². The first kappa shape index (κ1) is 13.6. The van der Waals surface area contributed by atoms with Gasteiger partial charge in [-0.1, -0.05) is 43.5 Å². The molecule has 100 valence electrons. The minimum atomic E-state index is 0.223. The summed E-state index contributed by atoms with van der Waals surface area (Å²) in [5.41, 5.74) is 2.92. The van der Waals surface area contributed by atoms with Crippen LogP contribution < -0.4 is 5.32 Å². The maximum atomic E-state index is 8.68. The molecule has 2 nitrogen and oxygen atoms in total. The van der Waals surface area contributed by atoms with E-state index in [0.717, 1.165) is 18.9 Å². The van der Waals surface area contributed by atoms with Crippen LogP contribution in [0.25, 0.3) is 0 Å². The fraction of sp³-hybridized carbons (Fsp3) is 0.625. The van der Waals surface area contributed by atoms with Gasteiger partial charge in [0.05, 0.1) is 6.61 Å². The van der Waals surface area contributed by atoms with Crippen molar-refractivity contribution in [1.82, 2.24) is 5.32 Å². The molecule has 0 unspecified atom stereocenters. The Morgan fingerprint density at radius 2 is 1.72 bits per heavy atom. The quantitative estimate of drug-likeness (QED) is 0.758. The SMILES string of the molecule is OCCNCCc1ccc(C2CCCCC2)cc1. The predicted molar refractivity (Wildman–Crippen MR) is 75.9 cm³/mol. The van der Waals surface area contributed by atoms with Crippen molar-refractivity contribution in [3.63, 3.8) is 0 Å². The summed E-state index contributed by atoms with van der Waals surface area (Å²) in [5, 5.41) is 11.9. The Balaban J connectivity index is 1.81. The van der Waals surface area contributed by atoms with Crippen molar-refractivity contribution in [1.29, 1.82) is 0 Å². The summed E-state index contributed by atoms with van der Waals surface area (Å²) in [6.07, 6.45) is 8.01. The van der Waals surface area contributed by atoms with Crippen LogP contribution in [0.5, 0.6) is 0 Å². The molecule has 0 saturated heterocycles. The smallest absolute Gasteiger partial charge is 0.0555 e. The molecule has 0 amide bonds. The number of hydrogen-bond acceptors (Lipinski definition) is 2. The van der Waals surface area contributed by atoms with Gasteiger partial charge in [0.15, 0.2) is 0 Å². The van der Waals surface area contributed by atoms with E-state index in [1.165, 1.54) is 43.2 Å². The fourth-order valence-electron chi connectivity index (χ4n) is 2.83. The highest BCUT2D eigenvalue weighted by Gasteiger charge is 2.14. The number of hydrogen-bond donors (Lipinski definition) is 2. The second kappa shape index (κ2) is 7.55. The van der Waals surface area contributed by atoms with E-state index < -0.39 is 0 Å². The molecule has 1 aromatic rings. The second-order valence-electron chi connectivity index (χ2n) is 5.30. The molecular formula is C16H25NO. The zero-order valence-corrected chi connectivity index (χ0v) is 11.2. The van der Waals surface area contributed by atoms with E-state index in [0.29, 0.717) is 6.54 Å². The molecule has 18 heavy (non-hydrogen) atoms. The second-order valence-corrected chi connectivity index (χ2v) is 5.30. The normalized spacial score (nSPS) is 16.9. The van der Waals surface area contributed by atoms with Gasteiger partial charge in [-0.2, -0.15) is 0 Å². The van der Waals surface area contributed by atoms with Crippen LogP contribution in [-0.4, -0.2) is 24.8 Å². The third-order valence-corrected chi connectivity index (χ3v) is 3.94. The number of aliphatic hydroxyl groups is 1. The van der Waals surface area contributed by atoms with Crippen molar-refractivity contribution in [3.8, 4) is 0 Å². The molecule has 2 heteroatoms. The van der Waals surface area contributed by atoms with Gasteiger partial charge in [-0.15, -0.1) is 0 Å². The molecule has 0 spiro atoms. The predicted octanol–water partition coefficient (Wildman–Crippen LogP) is 2.86. The summed E-state index contributed by atoms with van der Waals surface area (Å²) >= 11 is 0. The lowest BCUT2D eigenvalue weighted by Crippen LogP contribution is -2.20. The first-order valence-corrected chi connectivity index (χ1v) is 7.30. The molecule has 0 aromatic heterocycles. The molecule has 1 aliphatic carbocycles. The lowest BCUT2D eigenvalue weighted by molar-refractivity contribution is 0.293. The summed E-state index contributed by atoms with van der Waals surface area (Å²) < 4.78 is 0. The molecule has 2 N–H and O–H groups in total. The molecule has 2 rings (SSSR count). The maximum absolute atomic E-state index is 8.68. The topological polar surface area (TPSA) is 32.3 Å². The Labute approximate surface area is 110 Å². The number of rotatable bonds is 6. The standard InChI is InChI=1S/C16H25NO/c18-13-12-17-11-10-14-6-8-16(9-7-14)15-4-2-1-3-5-15/h6-9,15,17-18H,1-5,10-13H2. The third-order valence-electron chi connectivity index (χ3n) is 3.94. The van der Waals surface area contributed by atoms with E-state index in [9.17, 15) is 0 Å². The maximum Gasteiger partial charge on any atom is 0.0555 e. The van der Waals surface area contributed by atoms with E-state index >= 15 is 0 Å². The highest BCUT2D eigenvalue weighted by Crippen LogP contribution is 2.32. The van der Waals surface area contributed by atoms with Crippen molar-refractivity contribution in [2.45, 2.75) is 44.4 Å². The molecular weight excluding hydrogens is 222 g/mol. The summed E-state index contributed by atoms with van der Waals surface area (Å²) in [6, 6.07) is 9.17. The molecule has 0 radical (unpaired) electrons. The molecule has 0 heterocycles. The molecule has 0 bridgehead atoms. The van der Waals surface area contributed by atoms with Crippen LogP contribution in [-0.2, 0) is 6.42 Å². The Bertz CT molecular complexity index is 327. The molecule has 1 aromatic carbocycles. The molecule has 1 saturated carbocycles. The molecule has 0 aliphatic heterocycles. The zero-order valence-electron chi connectivity index (χ0n) is 11.2. The van der Waals surface area contributed by atoms with E-state index in [4.69, 9.17) is 5.11 Å². The van der Waals surface area contributed by atoms with Gasteiger partial charge >= 0.3 is 0 Å². The van der Waals surface area contributed by atoms with E-state index in [1.54, 1.807) is 0 Å². The van der Waals surface area contributed by atoms with Gasteiger partial charge < -0.3 is 10.4 Å². The Hall–Kier alpha value is -0.860. The van der Waals surface area contributed by atoms with Crippen molar-refractivity contribution in [2.24, 2.45) is 0 Å². The van der Waals surface area contributed by atoms with Crippen molar-refractivity contribution >= 4 is 0 Å². The van der Waals surface area contributed by atoms with Crippen LogP contribution in [0, 0.1) is 0 Å². The van der Waals surface area contributed by atoms with Crippen molar-refractivity contribution in [2.75, 3.05) is 19.7 Å². The molecule has 0 atom stereocenters. The van der Waals surface area contributed by atoms with Crippen LogP contribution in [0.4, 0.5) is 0 Å². The van der Waals surface area contributed by atoms with Crippen LogP contribution in [0.3, 0.4) is 0 Å². The zero-order chi connectivity index (χ0) is 12.6. The summed E-state index contributed by atoms with van der Waals surface area (Å²) in [4.78, 5) is 0. The molecule has 1 fully saturated rings. The van der Waals surface area contributed by atoms with Crippen LogP contribution in [0.15, 0.2) is 24.3 Å². The van der Waals surface area contributed by atoms with Gasteiger partial charge in [0.25, 0.3) is 0 Å². The minimum absolute atomic E-state index is 0.223. The Morgan fingerprint density at radius 1 is 1.00 bits per heavy atom. The average Bonchev–Trinajstić information content (AvgIpc) is 2.45. The molecule has 1 aliphatic rings. The van der Waals surface area contributed by atoms with Crippen LogP contribution >= 0.6 is 0 Å². The lowest BCUT2D eigenvalue weighted by Gasteiger charge is -2.22. The minimum Gasteiger partial charge on any atom is -0.395 e. The van der Waals surface area contributed by atoms with Gasteiger partial charge in [0.2, 0.25) is 0 Å². The van der Waals surface area contributed by atoms with Gasteiger partial charge in [0.1, 0.15) is 0 Å². The summed E-state index contributed by atoms with van der Waals surface area (Å²) in [6.45, 7) is 1.87. The lowest BCUT2D eigenvalue weighted by atomic mass is 9.84. The first-order valence-electron chi connectivity index (χ1n) is 7.30. The highest BCUT2D eigenvalue weighted by molar-refractivity contribution is 5.25.